The second kappa shape index (κ2) is 7.46. The average Bonchev–Trinajstić information content (AvgIpc) is 2.37. The molecule has 0 saturated heterocycles. The molecule has 0 bridgehead atoms. The van der Waals surface area contributed by atoms with E-state index in [1.54, 1.807) is 0 Å². The zero-order chi connectivity index (χ0) is 15.3. The highest BCUT2D eigenvalue weighted by Gasteiger charge is 2.14. The van der Waals surface area contributed by atoms with Crippen molar-refractivity contribution in [2.75, 3.05) is 11.9 Å². The van der Waals surface area contributed by atoms with Gasteiger partial charge in [-0.05, 0) is 67.2 Å². The van der Waals surface area contributed by atoms with Crippen molar-refractivity contribution >= 4 is 21.6 Å². The van der Waals surface area contributed by atoms with E-state index >= 15 is 0 Å². The van der Waals surface area contributed by atoms with Crippen LogP contribution in [0, 0.1) is 0 Å². The number of nitrogens with one attached hydrogen (secondary N) is 1. The third-order valence-electron chi connectivity index (χ3n) is 3.71. The van der Waals surface area contributed by atoms with Gasteiger partial charge in [0.25, 0.3) is 0 Å². The van der Waals surface area contributed by atoms with E-state index in [0.717, 1.165) is 6.54 Å². The van der Waals surface area contributed by atoms with Crippen LogP contribution in [0.15, 0.2) is 22.7 Å². The molecule has 3 heteroatoms. The van der Waals surface area contributed by atoms with E-state index in [0.29, 0.717) is 6.04 Å². The Hall–Kier alpha value is -0.540. The third-order valence-corrected chi connectivity index (χ3v) is 4.34. The van der Waals surface area contributed by atoms with Crippen LogP contribution in [0.5, 0.6) is 0 Å². The maximum Gasteiger partial charge on any atom is 0.0510 e. The molecule has 0 saturated carbocycles. The minimum absolute atomic E-state index is 0.150. The molecule has 0 heterocycles. The molecule has 0 atom stereocenters. The van der Waals surface area contributed by atoms with Gasteiger partial charge in [-0.3, -0.25) is 0 Å². The van der Waals surface area contributed by atoms with Crippen molar-refractivity contribution in [3.63, 3.8) is 0 Å². The second-order valence-corrected chi connectivity index (χ2v) is 7.32. The van der Waals surface area contributed by atoms with Gasteiger partial charge in [-0.25, -0.2) is 0 Å². The lowest BCUT2D eigenvalue weighted by Crippen LogP contribution is -2.35. The number of hydrogen-bond acceptors (Lipinski definition) is 2. The van der Waals surface area contributed by atoms with Crippen molar-refractivity contribution in [3.8, 4) is 0 Å². The summed E-state index contributed by atoms with van der Waals surface area (Å²) < 4.78 is 1.18. The molecule has 1 aromatic carbocycles. The van der Waals surface area contributed by atoms with Crippen molar-refractivity contribution in [2.45, 2.75) is 65.6 Å². The van der Waals surface area contributed by atoms with E-state index < -0.39 is 0 Å². The molecule has 0 radical (unpaired) electrons. The second-order valence-electron chi connectivity index (χ2n) is 6.47. The van der Waals surface area contributed by atoms with E-state index in [1.165, 1.54) is 28.6 Å². The fourth-order valence-corrected chi connectivity index (χ4v) is 3.05. The number of anilines is 1. The molecular weight excluding hydrogens is 312 g/mol. The minimum Gasteiger partial charge on any atom is -0.371 e. The van der Waals surface area contributed by atoms with Gasteiger partial charge in [0.1, 0.15) is 0 Å². The molecular formula is C17H29BrN2. The van der Waals surface area contributed by atoms with Crippen molar-refractivity contribution in [3.05, 3.63) is 28.2 Å². The van der Waals surface area contributed by atoms with Crippen LogP contribution in [0.2, 0.25) is 0 Å². The summed E-state index contributed by atoms with van der Waals surface area (Å²) in [4.78, 5) is 2.38. The van der Waals surface area contributed by atoms with Gasteiger partial charge >= 0.3 is 0 Å². The quantitative estimate of drug-likeness (QED) is 0.786. The van der Waals surface area contributed by atoms with Crippen LogP contribution >= 0.6 is 15.9 Å². The topological polar surface area (TPSA) is 15.3 Å². The fraction of sp³-hybridized carbons (Fsp3) is 0.647. The van der Waals surface area contributed by atoms with Gasteiger partial charge in [-0.15, -0.1) is 0 Å². The number of halogens is 1. The molecule has 0 spiro atoms. The summed E-state index contributed by atoms with van der Waals surface area (Å²) in [5.41, 5.74) is 2.74. The van der Waals surface area contributed by atoms with Crippen molar-refractivity contribution in [2.24, 2.45) is 0 Å². The van der Waals surface area contributed by atoms with Gasteiger partial charge in [0.05, 0.1) is 5.69 Å². The zero-order valence-electron chi connectivity index (χ0n) is 13.8. The molecule has 20 heavy (non-hydrogen) atoms. The minimum atomic E-state index is 0.150. The molecule has 0 aliphatic heterocycles. The van der Waals surface area contributed by atoms with Gasteiger partial charge < -0.3 is 10.2 Å². The molecule has 2 nitrogen and oxygen atoms in total. The molecule has 0 fully saturated rings. The van der Waals surface area contributed by atoms with Gasteiger partial charge in [-0.1, -0.05) is 19.9 Å². The maximum atomic E-state index is 3.73. The fourth-order valence-electron chi connectivity index (χ4n) is 2.35. The smallest absolute Gasteiger partial charge is 0.0510 e. The van der Waals surface area contributed by atoms with E-state index in [-0.39, 0.29) is 5.54 Å². The lowest BCUT2D eigenvalue weighted by molar-refractivity contribution is 0.424. The van der Waals surface area contributed by atoms with E-state index in [2.05, 4.69) is 86.0 Å². The molecule has 0 aliphatic carbocycles. The Morgan fingerprint density at radius 1 is 1.20 bits per heavy atom. The van der Waals surface area contributed by atoms with Crippen LogP contribution in [-0.2, 0) is 6.54 Å². The van der Waals surface area contributed by atoms with Crippen LogP contribution in [0.25, 0.3) is 0 Å². The summed E-state index contributed by atoms with van der Waals surface area (Å²) in [5.74, 6) is 0. The van der Waals surface area contributed by atoms with Gasteiger partial charge in [-0.2, -0.15) is 0 Å². The van der Waals surface area contributed by atoms with Crippen LogP contribution in [0.4, 0.5) is 5.69 Å². The number of hydrogen-bond donors (Lipinski definition) is 1. The average molecular weight is 341 g/mol. The lowest BCUT2D eigenvalue weighted by atomic mass is 10.1. The van der Waals surface area contributed by atoms with E-state index in [4.69, 9.17) is 0 Å². The molecule has 1 aromatic rings. The molecule has 114 valence electrons. The monoisotopic (exact) mass is 340 g/mol. The summed E-state index contributed by atoms with van der Waals surface area (Å²) in [7, 11) is 2.19. The first-order valence-corrected chi connectivity index (χ1v) is 8.34. The van der Waals surface area contributed by atoms with Crippen LogP contribution in [-0.4, -0.2) is 18.6 Å². The Labute approximate surface area is 133 Å². The Kier molecular flexibility index (Phi) is 6.53. The first kappa shape index (κ1) is 17.5. The van der Waals surface area contributed by atoms with Crippen LogP contribution in [0.1, 0.15) is 53.0 Å². The predicted molar refractivity (Wildman–Crippen MR) is 93.5 cm³/mol. The summed E-state index contributed by atoms with van der Waals surface area (Å²) in [6.07, 6.45) is 2.35. The lowest BCUT2D eigenvalue weighted by Gasteiger charge is -2.29. The number of nitrogens with zero attached hydrogens (tertiary/aromatic N) is 1. The standard InChI is InChI=1S/C17H29BrN2/c1-7-14(8-2)20(6)16-10-9-13(11-15(16)18)12-19-17(3,4)5/h9-11,14,19H,7-8,12H2,1-6H3. The van der Waals surface area contributed by atoms with Crippen molar-refractivity contribution < 1.29 is 0 Å². The highest BCUT2D eigenvalue weighted by molar-refractivity contribution is 9.10. The van der Waals surface area contributed by atoms with Crippen LogP contribution < -0.4 is 10.2 Å². The first-order chi connectivity index (χ1) is 9.28. The van der Waals surface area contributed by atoms with Crippen molar-refractivity contribution in [1.82, 2.24) is 5.32 Å². The van der Waals surface area contributed by atoms with Crippen molar-refractivity contribution in [1.29, 1.82) is 0 Å². The SMILES string of the molecule is CCC(CC)N(C)c1ccc(CNC(C)(C)C)cc1Br. The molecule has 0 amide bonds. The molecule has 1 N–H and O–H groups in total. The molecule has 0 aliphatic rings. The predicted octanol–water partition coefficient (Wildman–Crippen LogP) is 4.96. The normalized spacial score (nSPS) is 12.0. The summed E-state index contributed by atoms with van der Waals surface area (Å²) in [6.45, 7) is 12.0. The van der Waals surface area contributed by atoms with Gasteiger partial charge in [0.15, 0.2) is 0 Å². The maximum absolute atomic E-state index is 3.73. The van der Waals surface area contributed by atoms with Gasteiger partial charge in [0.2, 0.25) is 0 Å². The largest absolute Gasteiger partial charge is 0.371 e. The number of benzene rings is 1. The highest BCUT2D eigenvalue weighted by Crippen LogP contribution is 2.29. The third kappa shape index (κ3) is 5.10. The van der Waals surface area contributed by atoms with E-state index in [1.807, 2.05) is 0 Å². The Morgan fingerprint density at radius 2 is 1.80 bits per heavy atom. The zero-order valence-corrected chi connectivity index (χ0v) is 15.3. The first-order valence-electron chi connectivity index (χ1n) is 7.54. The summed E-state index contributed by atoms with van der Waals surface area (Å²) >= 11 is 3.73. The Morgan fingerprint density at radius 3 is 2.25 bits per heavy atom. The summed E-state index contributed by atoms with van der Waals surface area (Å²) in [6, 6.07) is 7.28. The highest BCUT2D eigenvalue weighted by atomic mass is 79.9. The van der Waals surface area contributed by atoms with Crippen LogP contribution in [0.3, 0.4) is 0 Å². The summed E-state index contributed by atoms with van der Waals surface area (Å²) in [5, 5.41) is 3.52. The van der Waals surface area contributed by atoms with Gasteiger partial charge in [0, 0.05) is 29.6 Å². The number of rotatable bonds is 6. The Bertz CT molecular complexity index is 419. The molecule has 0 aromatic heterocycles. The Balaban J connectivity index is 2.82. The molecule has 1 rings (SSSR count). The van der Waals surface area contributed by atoms with E-state index in [9.17, 15) is 0 Å². The molecule has 0 unspecified atom stereocenters.